The number of aromatic nitrogens is 4. The second-order valence-electron chi connectivity index (χ2n) is 18.7. The van der Waals surface area contributed by atoms with Gasteiger partial charge in [0.1, 0.15) is 17.7 Å². The lowest BCUT2D eigenvalue weighted by Gasteiger charge is -2.35. The summed E-state index contributed by atoms with van der Waals surface area (Å²) in [6.45, 7) is 6.12. The molecule has 3 N–H and O–H groups in total. The lowest BCUT2D eigenvalue weighted by Crippen LogP contribution is -2.50. The van der Waals surface area contributed by atoms with Crippen molar-refractivity contribution in [1.29, 1.82) is 0 Å². The number of benzene rings is 3. The molecule has 10 rings (SSSR count). The van der Waals surface area contributed by atoms with Crippen molar-refractivity contribution in [3.05, 3.63) is 83.6 Å². The topological polar surface area (TPSA) is 163 Å². The van der Waals surface area contributed by atoms with Gasteiger partial charge in [0.25, 0.3) is 5.92 Å². The minimum absolute atomic E-state index is 0.00480. The van der Waals surface area contributed by atoms with Crippen molar-refractivity contribution in [2.75, 3.05) is 20.8 Å². The first-order valence-corrected chi connectivity index (χ1v) is 21.9. The number of hydrogen-bond donors (Lipinski definition) is 3. The average molecular weight is 860 g/mol. The van der Waals surface area contributed by atoms with Crippen LogP contribution in [0.3, 0.4) is 0 Å². The zero-order chi connectivity index (χ0) is 44.1. The quantitative estimate of drug-likeness (QED) is 0.118. The van der Waals surface area contributed by atoms with E-state index in [1.54, 1.807) is 31.3 Å². The third-order valence-electron chi connectivity index (χ3n) is 14.6. The Labute approximate surface area is 363 Å². The molecule has 3 amide bonds. The van der Waals surface area contributed by atoms with E-state index in [0.717, 1.165) is 49.6 Å². The molecule has 4 fully saturated rings. The van der Waals surface area contributed by atoms with Crippen LogP contribution in [0, 0.1) is 23.2 Å². The number of H-pyrrole nitrogens is 2. The van der Waals surface area contributed by atoms with Gasteiger partial charge in [-0.15, -0.1) is 0 Å². The number of amides is 3. The largest absolute Gasteiger partial charge is 0.469 e. The number of carbonyl (C=O) groups is 4. The number of ether oxygens (including phenoxy) is 2. The Kier molecular flexibility index (Phi) is 9.75. The van der Waals surface area contributed by atoms with E-state index in [1.165, 1.54) is 20.3 Å². The zero-order valence-corrected chi connectivity index (χ0v) is 36.0. The number of nitrogens with zero attached hydrogens (tertiary/aromatic N) is 4. The van der Waals surface area contributed by atoms with Crippen molar-refractivity contribution in [3.8, 4) is 33.5 Å². The highest BCUT2D eigenvalue weighted by molar-refractivity contribution is 5.89. The molecule has 2 aliphatic heterocycles. The smallest absolute Gasteiger partial charge is 0.407 e. The van der Waals surface area contributed by atoms with Crippen LogP contribution in [-0.4, -0.2) is 86.5 Å². The monoisotopic (exact) mass is 859 g/mol. The first-order chi connectivity index (χ1) is 30.2. The number of nitrogens with one attached hydrogen (secondary N) is 3. The minimum atomic E-state index is -3.28. The van der Waals surface area contributed by atoms with Gasteiger partial charge in [0.2, 0.25) is 11.8 Å². The molecule has 2 saturated heterocycles. The average Bonchev–Trinajstić information content (AvgIpc) is 3.93. The molecule has 15 heteroatoms. The number of alkyl carbamates (subject to hydrolysis) is 1. The van der Waals surface area contributed by atoms with Crippen LogP contribution in [0.1, 0.15) is 101 Å². The van der Waals surface area contributed by atoms with Crippen molar-refractivity contribution in [3.63, 3.8) is 0 Å². The first-order valence-electron chi connectivity index (χ1n) is 21.9. The lowest BCUT2D eigenvalue weighted by molar-refractivity contribution is -0.148. The Morgan fingerprint density at radius 2 is 1.57 bits per heavy atom. The Balaban J connectivity index is 0.894. The van der Waals surface area contributed by atoms with Crippen LogP contribution in [0.2, 0.25) is 0 Å². The van der Waals surface area contributed by atoms with E-state index in [2.05, 4.69) is 15.3 Å². The van der Waals surface area contributed by atoms with Gasteiger partial charge < -0.3 is 34.6 Å². The maximum atomic E-state index is 16.6. The Bertz CT molecular complexity index is 2690. The molecule has 63 heavy (non-hydrogen) atoms. The Morgan fingerprint density at radius 1 is 0.873 bits per heavy atom. The van der Waals surface area contributed by atoms with E-state index in [1.807, 2.05) is 54.0 Å². The number of carbonyl (C=O) groups excluding carboxylic acids is 4. The van der Waals surface area contributed by atoms with Crippen LogP contribution in [-0.2, 0) is 29.8 Å². The number of hydrogen-bond acceptors (Lipinski definition) is 8. The van der Waals surface area contributed by atoms with E-state index >= 15 is 8.78 Å². The van der Waals surface area contributed by atoms with E-state index < -0.39 is 29.9 Å². The third-order valence-corrected chi connectivity index (χ3v) is 14.6. The van der Waals surface area contributed by atoms with Gasteiger partial charge in [-0.2, -0.15) is 8.78 Å². The molecule has 2 saturated carbocycles. The van der Waals surface area contributed by atoms with E-state index in [0.29, 0.717) is 51.7 Å². The maximum Gasteiger partial charge on any atom is 0.407 e. The van der Waals surface area contributed by atoms with Crippen molar-refractivity contribution in [2.24, 2.45) is 23.2 Å². The van der Waals surface area contributed by atoms with Crippen molar-refractivity contribution in [2.45, 2.75) is 95.8 Å². The number of imidazole rings is 2. The molecular weight excluding hydrogens is 809 g/mol. The number of fused-ring (bicyclic) bond motifs is 6. The van der Waals surface area contributed by atoms with Gasteiger partial charge in [0.05, 0.1) is 61.6 Å². The van der Waals surface area contributed by atoms with Crippen LogP contribution in [0.5, 0.6) is 0 Å². The fourth-order valence-corrected chi connectivity index (χ4v) is 10.9. The van der Waals surface area contributed by atoms with Gasteiger partial charge in [-0.1, -0.05) is 44.2 Å². The molecular formula is C48H51F2N7O6. The highest BCUT2D eigenvalue weighted by atomic mass is 19.3. The number of halogens is 2. The number of rotatable bonds is 10. The predicted octanol–water partition coefficient (Wildman–Crippen LogP) is 8.43. The highest BCUT2D eigenvalue weighted by Gasteiger charge is 2.55. The normalized spacial score (nSPS) is 23.2. The first kappa shape index (κ1) is 40.9. The number of esters is 1. The molecule has 2 bridgehead atoms. The van der Waals surface area contributed by atoms with Crippen molar-refractivity contribution in [1.82, 2.24) is 35.1 Å². The standard InChI is InChI=1S/C48H51F2N7O6/c1-24(2)33(20-40(58)62-4)45(60)56-23-47(14-15-47)21-39(56)42-51-22-38(55-42)28-8-12-32-31-11-7-26(17-34(31)48(49,50)35(32)18-28)27-9-13-36-37(19-27)54-43(53-36)41-29-6-10-30(16-29)57(41)44(59)25(3)52-46(61)63-5/h7-9,11-13,17-19,22,24-25,29-30,33,39,41H,6,10,14-16,20-21,23H2,1-5H3,(H,51,55)(H,52,61)(H,53,54)/t25-,29-,30+,33-,39-,41-/m0/s1. The summed E-state index contributed by atoms with van der Waals surface area (Å²) in [6, 6.07) is 14.6. The Morgan fingerprint density at radius 3 is 2.27 bits per heavy atom. The number of likely N-dealkylation sites (tertiary alicyclic amines) is 2. The number of piperidine rings is 1. The summed E-state index contributed by atoms with van der Waals surface area (Å²) in [6.07, 6.45) is 6.51. The summed E-state index contributed by atoms with van der Waals surface area (Å²) in [5.41, 5.74) is 4.77. The van der Waals surface area contributed by atoms with Crippen molar-refractivity contribution >= 4 is 34.9 Å². The van der Waals surface area contributed by atoms with Gasteiger partial charge in [-0.3, -0.25) is 14.4 Å². The van der Waals surface area contributed by atoms with E-state index in [-0.39, 0.29) is 64.7 Å². The Hall–Kier alpha value is -6.12. The zero-order valence-electron chi connectivity index (χ0n) is 36.0. The molecule has 3 aromatic carbocycles. The van der Waals surface area contributed by atoms with Crippen LogP contribution >= 0.6 is 0 Å². The van der Waals surface area contributed by atoms with Crippen LogP contribution in [0.4, 0.5) is 13.6 Å². The fraction of sp³-hybridized carbons (Fsp3) is 0.458. The summed E-state index contributed by atoms with van der Waals surface area (Å²) in [5.74, 6) is -3.08. The molecule has 1 spiro atoms. The third kappa shape index (κ3) is 6.85. The molecule has 0 unspecified atom stereocenters. The molecule has 6 atom stereocenters. The van der Waals surface area contributed by atoms with Crippen LogP contribution < -0.4 is 5.32 Å². The predicted molar refractivity (Wildman–Crippen MR) is 229 cm³/mol. The van der Waals surface area contributed by atoms with E-state index in [4.69, 9.17) is 19.4 Å². The molecule has 13 nitrogen and oxygen atoms in total. The number of aromatic amines is 2. The molecule has 2 aromatic heterocycles. The minimum Gasteiger partial charge on any atom is -0.469 e. The summed E-state index contributed by atoms with van der Waals surface area (Å²) in [7, 11) is 2.59. The van der Waals surface area contributed by atoms with Crippen LogP contribution in [0.25, 0.3) is 44.5 Å². The highest BCUT2D eigenvalue weighted by Crippen LogP contribution is 2.59. The fourth-order valence-electron chi connectivity index (χ4n) is 10.9. The molecule has 3 aliphatic carbocycles. The molecule has 0 radical (unpaired) electrons. The molecule has 4 heterocycles. The van der Waals surface area contributed by atoms with Gasteiger partial charge >= 0.3 is 12.1 Å². The summed E-state index contributed by atoms with van der Waals surface area (Å²) >= 11 is 0. The summed E-state index contributed by atoms with van der Waals surface area (Å²) in [5, 5.41) is 2.60. The van der Waals surface area contributed by atoms with Crippen LogP contribution in [0.15, 0.2) is 60.8 Å². The van der Waals surface area contributed by atoms with Gasteiger partial charge in [-0.05, 0) is 109 Å². The summed E-state index contributed by atoms with van der Waals surface area (Å²) < 4.78 is 42.9. The molecule has 5 aliphatic rings. The van der Waals surface area contributed by atoms with Crippen molar-refractivity contribution < 1.29 is 37.4 Å². The second kappa shape index (κ2) is 15.0. The lowest BCUT2D eigenvalue weighted by atomic mass is 9.90. The molecule has 328 valence electrons. The maximum absolute atomic E-state index is 16.6. The summed E-state index contributed by atoms with van der Waals surface area (Å²) in [4.78, 5) is 72.0. The number of methoxy groups -OCH3 is 2. The van der Waals surface area contributed by atoms with E-state index in [9.17, 15) is 19.2 Å². The van der Waals surface area contributed by atoms with Gasteiger partial charge in [0.15, 0.2) is 0 Å². The number of alkyl halides is 2. The van der Waals surface area contributed by atoms with Gasteiger partial charge in [0, 0.05) is 29.3 Å². The second-order valence-corrected chi connectivity index (χ2v) is 18.7. The molecule has 5 aromatic rings. The SMILES string of the molecule is COC(=O)C[C@H](C(=O)N1CC2(CC2)C[C@H]1c1ncc(-c2ccc3c(c2)C(F)(F)c2cc(-c4ccc5nc([C@@H]6[C@H]7CC[C@H](C7)N6C(=O)[C@H](C)NC(=O)OC)[nH]c5c4)ccc2-3)[nH]1)C(C)C. The van der Waals surface area contributed by atoms with Gasteiger partial charge in [-0.25, -0.2) is 14.8 Å².